The van der Waals surface area contributed by atoms with Crippen LogP contribution in [0, 0.1) is 6.92 Å². The first-order valence-electron chi connectivity index (χ1n) is 5.99. The molecule has 0 saturated carbocycles. The molecule has 0 saturated heterocycles. The Hall–Kier alpha value is -1.86. The number of carbonyl (C=O) groups is 1. The molecule has 7 heteroatoms. The van der Waals surface area contributed by atoms with Crippen LogP contribution >= 0.6 is 11.3 Å². The largest absolute Gasteiger partial charge is 0.477 e. The van der Waals surface area contributed by atoms with E-state index in [1.54, 1.807) is 0 Å². The number of carboxylic acids is 1. The Kier molecular flexibility index (Phi) is 4.41. The fraction of sp³-hybridized carbons (Fsp3) is 0.385. The van der Waals surface area contributed by atoms with Crippen molar-refractivity contribution in [1.82, 2.24) is 4.98 Å². The number of thiazole rings is 1. The molecule has 2 aromatic rings. The molecule has 2 rings (SSSR count). The fourth-order valence-electron chi connectivity index (χ4n) is 1.78. The van der Waals surface area contributed by atoms with E-state index in [-0.39, 0.29) is 11.5 Å². The maximum absolute atomic E-state index is 11.2. The summed E-state index contributed by atoms with van der Waals surface area (Å²) in [5, 5.41) is 9.79. The zero-order chi connectivity index (χ0) is 14.7. The van der Waals surface area contributed by atoms with E-state index in [0.29, 0.717) is 17.4 Å². The third-order valence-corrected chi connectivity index (χ3v) is 3.88. The van der Waals surface area contributed by atoms with Gasteiger partial charge in [0.25, 0.3) is 0 Å². The van der Waals surface area contributed by atoms with Gasteiger partial charge in [-0.05, 0) is 19.1 Å². The van der Waals surface area contributed by atoms with E-state index in [4.69, 9.17) is 14.3 Å². The molecule has 108 valence electrons. The normalized spacial score (nSPS) is 10.8. The minimum Gasteiger partial charge on any atom is -0.477 e. The molecule has 0 atom stereocenters. The molecule has 0 spiro atoms. The zero-order valence-corrected chi connectivity index (χ0v) is 12.4. The van der Waals surface area contributed by atoms with Crippen molar-refractivity contribution in [2.75, 3.05) is 19.1 Å². The van der Waals surface area contributed by atoms with Gasteiger partial charge in [-0.1, -0.05) is 11.3 Å². The zero-order valence-electron chi connectivity index (χ0n) is 11.5. The molecule has 0 aliphatic carbocycles. The van der Waals surface area contributed by atoms with Gasteiger partial charge in [0, 0.05) is 14.2 Å². The number of hydrogen-bond donors (Lipinski definition) is 1. The molecule has 2 aromatic heterocycles. The standard InChI is InChI=1S/C13H16N2O4S/c1-8-4-5-9(19-8)6-15(2)13-14-10(7-18-3)11(20-13)12(16)17/h4-5H,6-7H2,1-3H3,(H,16,17). The van der Waals surface area contributed by atoms with Gasteiger partial charge < -0.3 is 19.2 Å². The fourth-order valence-corrected chi connectivity index (χ4v) is 2.64. The molecule has 0 bridgehead atoms. The number of furan rings is 1. The lowest BCUT2D eigenvalue weighted by Crippen LogP contribution is -2.15. The third-order valence-electron chi connectivity index (χ3n) is 2.68. The molecule has 0 amide bonds. The number of aromatic carboxylic acids is 1. The Morgan fingerprint density at radius 2 is 2.30 bits per heavy atom. The molecular weight excluding hydrogens is 280 g/mol. The topological polar surface area (TPSA) is 75.8 Å². The van der Waals surface area contributed by atoms with Gasteiger partial charge in [-0.15, -0.1) is 0 Å². The quantitative estimate of drug-likeness (QED) is 0.882. The van der Waals surface area contributed by atoms with Crippen molar-refractivity contribution in [2.45, 2.75) is 20.1 Å². The van der Waals surface area contributed by atoms with Crippen molar-refractivity contribution in [3.8, 4) is 0 Å². The summed E-state index contributed by atoms with van der Waals surface area (Å²) in [4.78, 5) is 17.6. The minimum atomic E-state index is -0.983. The first-order chi connectivity index (χ1) is 9.51. The molecule has 0 aromatic carbocycles. The first kappa shape index (κ1) is 14.5. The molecule has 0 radical (unpaired) electrons. The van der Waals surface area contributed by atoms with Crippen LogP contribution in [0.3, 0.4) is 0 Å². The highest BCUT2D eigenvalue weighted by Gasteiger charge is 2.19. The SMILES string of the molecule is COCc1nc(N(C)Cc2ccc(C)o2)sc1C(=O)O. The number of ether oxygens (including phenoxy) is 1. The molecule has 2 heterocycles. The molecule has 1 N–H and O–H groups in total. The van der Waals surface area contributed by atoms with E-state index in [2.05, 4.69) is 4.98 Å². The molecule has 0 aliphatic heterocycles. The Morgan fingerprint density at radius 3 is 2.85 bits per heavy atom. The summed E-state index contributed by atoms with van der Waals surface area (Å²) in [5.41, 5.74) is 0.447. The minimum absolute atomic E-state index is 0.186. The Balaban J connectivity index is 2.19. The highest BCUT2D eigenvalue weighted by molar-refractivity contribution is 7.17. The van der Waals surface area contributed by atoms with Crippen LogP contribution in [0.25, 0.3) is 0 Å². The molecule has 0 unspecified atom stereocenters. The third kappa shape index (κ3) is 3.17. The van der Waals surface area contributed by atoms with Crippen LogP contribution in [0.15, 0.2) is 16.5 Å². The number of methoxy groups -OCH3 is 1. The van der Waals surface area contributed by atoms with E-state index in [0.717, 1.165) is 22.9 Å². The van der Waals surface area contributed by atoms with E-state index in [9.17, 15) is 4.79 Å². The summed E-state index contributed by atoms with van der Waals surface area (Å²) in [7, 11) is 3.36. The number of aromatic nitrogens is 1. The second-order valence-electron chi connectivity index (χ2n) is 4.38. The van der Waals surface area contributed by atoms with Gasteiger partial charge in [0.1, 0.15) is 16.4 Å². The smallest absolute Gasteiger partial charge is 0.347 e. The van der Waals surface area contributed by atoms with Gasteiger partial charge in [-0.2, -0.15) is 0 Å². The number of rotatable bonds is 6. The number of nitrogens with zero attached hydrogens (tertiary/aromatic N) is 2. The highest BCUT2D eigenvalue weighted by Crippen LogP contribution is 2.27. The van der Waals surface area contributed by atoms with Gasteiger partial charge >= 0.3 is 5.97 Å². The Morgan fingerprint density at radius 1 is 1.55 bits per heavy atom. The second kappa shape index (κ2) is 6.06. The molecular formula is C13H16N2O4S. The van der Waals surface area contributed by atoms with E-state index in [1.807, 2.05) is 31.0 Å². The molecule has 0 aliphatic rings. The molecule has 0 fully saturated rings. The van der Waals surface area contributed by atoms with Crippen LogP contribution in [0.4, 0.5) is 5.13 Å². The van der Waals surface area contributed by atoms with E-state index >= 15 is 0 Å². The van der Waals surface area contributed by atoms with Crippen LogP contribution in [0.2, 0.25) is 0 Å². The predicted molar refractivity (Wildman–Crippen MR) is 75.3 cm³/mol. The van der Waals surface area contributed by atoms with Gasteiger partial charge in [0.05, 0.1) is 18.8 Å². The van der Waals surface area contributed by atoms with E-state index < -0.39 is 5.97 Å². The predicted octanol–water partition coefficient (Wildman–Crippen LogP) is 2.53. The summed E-state index contributed by atoms with van der Waals surface area (Å²) in [6.07, 6.45) is 0. The lowest BCUT2D eigenvalue weighted by Gasteiger charge is -2.13. The van der Waals surface area contributed by atoms with Gasteiger partial charge in [0.15, 0.2) is 5.13 Å². The van der Waals surface area contributed by atoms with Crippen LogP contribution in [-0.2, 0) is 17.9 Å². The van der Waals surface area contributed by atoms with Crippen LogP contribution in [0.5, 0.6) is 0 Å². The monoisotopic (exact) mass is 296 g/mol. The average molecular weight is 296 g/mol. The molecule has 20 heavy (non-hydrogen) atoms. The van der Waals surface area contributed by atoms with Crippen molar-refractivity contribution in [1.29, 1.82) is 0 Å². The maximum atomic E-state index is 11.2. The highest BCUT2D eigenvalue weighted by atomic mass is 32.1. The van der Waals surface area contributed by atoms with Crippen molar-refractivity contribution in [2.24, 2.45) is 0 Å². The maximum Gasteiger partial charge on any atom is 0.347 e. The summed E-state index contributed by atoms with van der Waals surface area (Å²) in [6.45, 7) is 2.60. The summed E-state index contributed by atoms with van der Waals surface area (Å²) in [5.74, 6) is 0.673. The van der Waals surface area contributed by atoms with Gasteiger partial charge in [0.2, 0.25) is 0 Å². The first-order valence-corrected chi connectivity index (χ1v) is 6.81. The van der Waals surface area contributed by atoms with Crippen LogP contribution in [0.1, 0.15) is 26.9 Å². The average Bonchev–Trinajstić information content (AvgIpc) is 2.96. The van der Waals surface area contributed by atoms with Gasteiger partial charge in [-0.25, -0.2) is 9.78 Å². The summed E-state index contributed by atoms with van der Waals surface area (Å²) < 4.78 is 10.5. The van der Waals surface area contributed by atoms with Crippen molar-refractivity contribution >= 4 is 22.4 Å². The van der Waals surface area contributed by atoms with Crippen molar-refractivity contribution < 1.29 is 19.1 Å². The van der Waals surface area contributed by atoms with Crippen molar-refractivity contribution in [3.05, 3.63) is 34.2 Å². The number of hydrogen-bond acceptors (Lipinski definition) is 6. The van der Waals surface area contributed by atoms with Crippen LogP contribution in [-0.4, -0.2) is 30.2 Å². The summed E-state index contributed by atoms with van der Waals surface area (Å²) >= 11 is 1.14. The number of carboxylic acid groups (broad SMARTS) is 1. The van der Waals surface area contributed by atoms with Crippen molar-refractivity contribution in [3.63, 3.8) is 0 Å². The van der Waals surface area contributed by atoms with Crippen LogP contribution < -0.4 is 4.90 Å². The molecule has 6 nitrogen and oxygen atoms in total. The van der Waals surface area contributed by atoms with Gasteiger partial charge in [-0.3, -0.25) is 0 Å². The summed E-state index contributed by atoms with van der Waals surface area (Å²) in [6, 6.07) is 3.79. The Bertz CT molecular complexity index is 605. The number of anilines is 1. The lowest BCUT2D eigenvalue weighted by atomic mass is 10.4. The number of aryl methyl sites for hydroxylation is 1. The second-order valence-corrected chi connectivity index (χ2v) is 5.36. The Labute approximate surface area is 120 Å². The lowest BCUT2D eigenvalue weighted by molar-refractivity contribution is 0.0697. The van der Waals surface area contributed by atoms with E-state index in [1.165, 1.54) is 7.11 Å².